The van der Waals surface area contributed by atoms with Crippen molar-refractivity contribution < 1.29 is 9.59 Å². The third-order valence-electron chi connectivity index (χ3n) is 6.56. The number of carbonyl (C=O) groups is 2. The predicted octanol–water partition coefficient (Wildman–Crippen LogP) is 0.909. The molecule has 1 unspecified atom stereocenters. The third-order valence-corrected chi connectivity index (χ3v) is 6.56. The standard InChI is InChI=1S/C20H27N7O2/c1-24-13-15(12-18(24)28)20(29)26-10-6-14(7-11-26)19-22-21-16-4-5-17(23-27(16)19)25-8-2-3-9-25/h4-5,14-15H,2-3,6-13H2,1H3. The van der Waals surface area contributed by atoms with Crippen LogP contribution in [0.25, 0.3) is 5.65 Å². The van der Waals surface area contributed by atoms with E-state index < -0.39 is 0 Å². The van der Waals surface area contributed by atoms with Gasteiger partial charge in [-0.2, -0.15) is 4.52 Å². The molecule has 29 heavy (non-hydrogen) atoms. The zero-order valence-electron chi connectivity index (χ0n) is 16.8. The summed E-state index contributed by atoms with van der Waals surface area (Å²) in [7, 11) is 1.77. The summed E-state index contributed by atoms with van der Waals surface area (Å²) in [5, 5.41) is 13.6. The summed E-state index contributed by atoms with van der Waals surface area (Å²) >= 11 is 0. The van der Waals surface area contributed by atoms with E-state index in [1.165, 1.54) is 12.8 Å². The molecule has 9 heteroatoms. The van der Waals surface area contributed by atoms with Gasteiger partial charge in [-0.25, -0.2) is 0 Å². The van der Waals surface area contributed by atoms with E-state index in [-0.39, 0.29) is 23.7 Å². The molecule has 0 bridgehead atoms. The maximum Gasteiger partial charge on any atom is 0.227 e. The number of fused-ring (bicyclic) bond motifs is 1. The molecule has 0 spiro atoms. The van der Waals surface area contributed by atoms with E-state index in [2.05, 4.69) is 15.1 Å². The Bertz CT molecular complexity index is 928. The van der Waals surface area contributed by atoms with Crippen LogP contribution in [-0.4, -0.2) is 81.2 Å². The number of rotatable bonds is 3. The molecule has 0 aromatic carbocycles. The van der Waals surface area contributed by atoms with Gasteiger partial charge in [0.2, 0.25) is 11.8 Å². The second kappa shape index (κ2) is 7.27. The van der Waals surface area contributed by atoms with E-state index in [0.29, 0.717) is 26.1 Å². The average molecular weight is 397 g/mol. The Labute approximate surface area is 169 Å². The first-order valence-corrected chi connectivity index (χ1v) is 10.6. The van der Waals surface area contributed by atoms with Crippen LogP contribution in [0.1, 0.15) is 43.8 Å². The SMILES string of the molecule is CN1CC(C(=O)N2CCC(c3nnc4ccc(N5CCCC5)nn34)CC2)CC1=O. The van der Waals surface area contributed by atoms with Crippen molar-refractivity contribution in [3.8, 4) is 0 Å². The highest BCUT2D eigenvalue weighted by molar-refractivity contribution is 5.89. The van der Waals surface area contributed by atoms with Gasteiger partial charge in [0.15, 0.2) is 11.5 Å². The first kappa shape index (κ1) is 18.3. The van der Waals surface area contributed by atoms with Crippen LogP contribution in [0.2, 0.25) is 0 Å². The van der Waals surface area contributed by atoms with Gasteiger partial charge in [-0.3, -0.25) is 9.59 Å². The summed E-state index contributed by atoms with van der Waals surface area (Å²) in [6, 6.07) is 4.02. The summed E-state index contributed by atoms with van der Waals surface area (Å²) in [5.74, 6) is 2.10. The third kappa shape index (κ3) is 3.32. The van der Waals surface area contributed by atoms with Crippen LogP contribution in [0.3, 0.4) is 0 Å². The number of amides is 2. The molecule has 5 rings (SSSR count). The Balaban J connectivity index is 1.28. The van der Waals surface area contributed by atoms with Crippen molar-refractivity contribution in [2.45, 2.75) is 38.0 Å². The Morgan fingerprint density at radius 2 is 1.83 bits per heavy atom. The van der Waals surface area contributed by atoms with Crippen molar-refractivity contribution in [2.75, 3.05) is 44.7 Å². The molecule has 2 amide bonds. The highest BCUT2D eigenvalue weighted by atomic mass is 16.2. The summed E-state index contributed by atoms with van der Waals surface area (Å²) in [6.07, 6.45) is 4.46. The molecule has 1 atom stereocenters. The molecule has 154 valence electrons. The van der Waals surface area contributed by atoms with Gasteiger partial charge < -0.3 is 14.7 Å². The van der Waals surface area contributed by atoms with Gasteiger partial charge in [0.1, 0.15) is 5.82 Å². The van der Waals surface area contributed by atoms with E-state index in [1.54, 1.807) is 11.9 Å². The summed E-state index contributed by atoms with van der Waals surface area (Å²) in [4.78, 5) is 30.4. The highest BCUT2D eigenvalue weighted by Gasteiger charge is 2.36. The predicted molar refractivity (Wildman–Crippen MR) is 107 cm³/mol. The minimum absolute atomic E-state index is 0.0630. The van der Waals surface area contributed by atoms with Gasteiger partial charge in [-0.15, -0.1) is 15.3 Å². The zero-order valence-corrected chi connectivity index (χ0v) is 16.8. The molecule has 0 N–H and O–H groups in total. The lowest BCUT2D eigenvalue weighted by atomic mass is 9.94. The van der Waals surface area contributed by atoms with Crippen LogP contribution in [0.5, 0.6) is 0 Å². The molecule has 0 aliphatic carbocycles. The zero-order chi connectivity index (χ0) is 20.0. The van der Waals surface area contributed by atoms with Crippen LogP contribution >= 0.6 is 0 Å². The fraction of sp³-hybridized carbons (Fsp3) is 0.650. The van der Waals surface area contributed by atoms with Crippen molar-refractivity contribution >= 4 is 23.3 Å². The van der Waals surface area contributed by atoms with Crippen molar-refractivity contribution in [3.05, 3.63) is 18.0 Å². The maximum atomic E-state index is 12.8. The number of aromatic nitrogens is 4. The van der Waals surface area contributed by atoms with Crippen LogP contribution in [0, 0.1) is 5.92 Å². The fourth-order valence-electron chi connectivity index (χ4n) is 4.81. The Kier molecular flexibility index (Phi) is 4.60. The van der Waals surface area contributed by atoms with Gasteiger partial charge in [0.25, 0.3) is 0 Å². The van der Waals surface area contributed by atoms with Crippen molar-refractivity contribution in [3.63, 3.8) is 0 Å². The summed E-state index contributed by atoms with van der Waals surface area (Å²) in [6.45, 7) is 4.03. The second-order valence-electron chi connectivity index (χ2n) is 8.49. The number of anilines is 1. The quantitative estimate of drug-likeness (QED) is 0.765. The molecular formula is C20H27N7O2. The summed E-state index contributed by atoms with van der Waals surface area (Å²) < 4.78 is 1.89. The first-order valence-electron chi connectivity index (χ1n) is 10.6. The van der Waals surface area contributed by atoms with Crippen LogP contribution in [-0.2, 0) is 9.59 Å². The van der Waals surface area contributed by atoms with Crippen LogP contribution < -0.4 is 4.90 Å². The van der Waals surface area contributed by atoms with Gasteiger partial charge in [-0.05, 0) is 37.8 Å². The van der Waals surface area contributed by atoms with Gasteiger partial charge in [-0.1, -0.05) is 0 Å². The molecule has 0 radical (unpaired) electrons. The molecule has 3 aliphatic rings. The van der Waals surface area contributed by atoms with E-state index >= 15 is 0 Å². The minimum Gasteiger partial charge on any atom is -0.355 e. The Morgan fingerprint density at radius 1 is 1.07 bits per heavy atom. The number of hydrogen-bond acceptors (Lipinski definition) is 6. The van der Waals surface area contributed by atoms with Crippen molar-refractivity contribution in [1.82, 2.24) is 29.6 Å². The Hall–Kier alpha value is -2.71. The smallest absolute Gasteiger partial charge is 0.227 e. The molecular weight excluding hydrogens is 370 g/mol. The van der Waals surface area contributed by atoms with E-state index in [0.717, 1.165) is 43.2 Å². The molecule has 3 aliphatic heterocycles. The van der Waals surface area contributed by atoms with E-state index in [9.17, 15) is 9.59 Å². The van der Waals surface area contributed by atoms with Crippen LogP contribution in [0.4, 0.5) is 5.82 Å². The highest BCUT2D eigenvalue weighted by Crippen LogP contribution is 2.29. The molecule has 5 heterocycles. The minimum atomic E-state index is -0.192. The number of nitrogens with zero attached hydrogens (tertiary/aromatic N) is 7. The molecule has 3 fully saturated rings. The molecule has 2 aromatic heterocycles. The fourth-order valence-corrected chi connectivity index (χ4v) is 4.81. The second-order valence-corrected chi connectivity index (χ2v) is 8.49. The van der Waals surface area contributed by atoms with Gasteiger partial charge in [0.05, 0.1) is 5.92 Å². The number of hydrogen-bond donors (Lipinski definition) is 0. The topological polar surface area (TPSA) is 86.9 Å². The van der Waals surface area contributed by atoms with Gasteiger partial charge >= 0.3 is 0 Å². The van der Waals surface area contributed by atoms with Crippen LogP contribution in [0.15, 0.2) is 12.1 Å². The first-order chi connectivity index (χ1) is 14.1. The van der Waals surface area contributed by atoms with Crippen molar-refractivity contribution in [1.29, 1.82) is 0 Å². The Morgan fingerprint density at radius 3 is 2.52 bits per heavy atom. The van der Waals surface area contributed by atoms with E-state index in [4.69, 9.17) is 5.10 Å². The lowest BCUT2D eigenvalue weighted by Gasteiger charge is -2.32. The lowest BCUT2D eigenvalue weighted by molar-refractivity contribution is -0.136. The van der Waals surface area contributed by atoms with Crippen molar-refractivity contribution in [2.24, 2.45) is 5.92 Å². The molecule has 2 aromatic rings. The monoisotopic (exact) mass is 397 g/mol. The molecule has 9 nitrogen and oxygen atoms in total. The average Bonchev–Trinajstić information content (AvgIpc) is 3.48. The van der Waals surface area contributed by atoms with E-state index in [1.807, 2.05) is 21.5 Å². The normalized spacial score (nSPS) is 23.6. The molecule has 3 saturated heterocycles. The molecule has 0 saturated carbocycles. The lowest BCUT2D eigenvalue weighted by Crippen LogP contribution is -2.42. The number of piperidine rings is 1. The van der Waals surface area contributed by atoms with Gasteiger partial charge in [0, 0.05) is 52.1 Å². The maximum absolute atomic E-state index is 12.8. The number of carbonyl (C=O) groups excluding carboxylic acids is 2. The summed E-state index contributed by atoms with van der Waals surface area (Å²) in [5.41, 5.74) is 0.772. The largest absolute Gasteiger partial charge is 0.355 e. The number of likely N-dealkylation sites (tertiary alicyclic amines) is 2.